The van der Waals surface area contributed by atoms with Crippen molar-refractivity contribution in [1.82, 2.24) is 14.9 Å². The van der Waals surface area contributed by atoms with Crippen LogP contribution in [0.5, 0.6) is 0 Å². The predicted octanol–water partition coefficient (Wildman–Crippen LogP) is 4.17. The van der Waals surface area contributed by atoms with E-state index in [1.54, 1.807) is 36.8 Å². The first-order valence-electron chi connectivity index (χ1n) is 9.11. The molecule has 3 heterocycles. The van der Waals surface area contributed by atoms with Gasteiger partial charge in [0.25, 0.3) is 5.91 Å². The second-order valence-corrected chi connectivity index (χ2v) is 6.72. The van der Waals surface area contributed by atoms with Crippen molar-refractivity contribution < 1.29 is 13.6 Å². The third-order valence-electron chi connectivity index (χ3n) is 4.80. The molecule has 5 nitrogen and oxygen atoms in total. The number of hydrogen-bond acceptors (Lipinski definition) is 4. The molecule has 3 aromatic rings. The van der Waals surface area contributed by atoms with Crippen LogP contribution in [0.2, 0.25) is 0 Å². The Kier molecular flexibility index (Phi) is 4.96. The summed E-state index contributed by atoms with van der Waals surface area (Å²) in [4.78, 5) is 23.2. The van der Waals surface area contributed by atoms with Gasteiger partial charge in [0.1, 0.15) is 17.6 Å². The summed E-state index contributed by atoms with van der Waals surface area (Å²) in [5.74, 6) is 0.874. The van der Waals surface area contributed by atoms with E-state index in [0.717, 1.165) is 24.8 Å². The van der Waals surface area contributed by atoms with Crippen LogP contribution in [-0.2, 0) is 6.42 Å². The summed E-state index contributed by atoms with van der Waals surface area (Å²) in [5.41, 5.74) is 1.39. The van der Waals surface area contributed by atoms with Gasteiger partial charge in [-0.3, -0.25) is 9.78 Å². The maximum absolute atomic E-state index is 13.4. The summed E-state index contributed by atoms with van der Waals surface area (Å²) in [5, 5.41) is 0. The fourth-order valence-corrected chi connectivity index (χ4v) is 3.49. The number of piperidine rings is 1. The van der Waals surface area contributed by atoms with Crippen LogP contribution < -0.4 is 0 Å². The summed E-state index contributed by atoms with van der Waals surface area (Å²) in [6.07, 6.45) is 8.15. The van der Waals surface area contributed by atoms with Crippen LogP contribution in [0.15, 0.2) is 59.4 Å². The number of nitrogens with zero attached hydrogens (tertiary/aromatic N) is 3. The number of hydrogen-bond donors (Lipinski definition) is 0. The lowest BCUT2D eigenvalue weighted by Gasteiger charge is -2.33. The molecule has 0 bridgehead atoms. The molecular formula is C21H20FN3O2. The van der Waals surface area contributed by atoms with E-state index in [2.05, 4.69) is 9.97 Å². The van der Waals surface area contributed by atoms with Crippen molar-refractivity contribution in [3.05, 3.63) is 83.6 Å². The molecule has 0 spiro atoms. The lowest BCUT2D eigenvalue weighted by molar-refractivity contribution is 0.0569. The van der Waals surface area contributed by atoms with E-state index in [1.807, 2.05) is 11.0 Å². The van der Waals surface area contributed by atoms with Gasteiger partial charge in [0.05, 0.1) is 11.8 Å². The van der Waals surface area contributed by atoms with Gasteiger partial charge in [-0.2, -0.15) is 0 Å². The SMILES string of the molecule is O=C(c1cccnc1)N1CCCCC1c1ncc(Cc2cccc(F)c2)o1. The smallest absolute Gasteiger partial charge is 0.256 e. The van der Waals surface area contributed by atoms with Crippen LogP contribution in [0.4, 0.5) is 4.39 Å². The highest BCUT2D eigenvalue weighted by molar-refractivity contribution is 5.94. The number of halogens is 1. The van der Waals surface area contributed by atoms with Crippen molar-refractivity contribution in [2.75, 3.05) is 6.54 Å². The number of aromatic nitrogens is 2. The lowest BCUT2D eigenvalue weighted by atomic mass is 10.0. The number of likely N-dealkylation sites (tertiary alicyclic amines) is 1. The standard InChI is InChI=1S/C21H20FN3O2/c22-17-7-3-5-15(11-17)12-18-14-24-20(27-18)19-8-1-2-10-25(19)21(26)16-6-4-9-23-13-16/h3-7,9,11,13-14,19H,1-2,8,10,12H2. The summed E-state index contributed by atoms with van der Waals surface area (Å²) >= 11 is 0. The number of carbonyl (C=O) groups is 1. The molecule has 0 radical (unpaired) electrons. The maximum Gasteiger partial charge on any atom is 0.256 e. The zero-order valence-corrected chi connectivity index (χ0v) is 14.8. The van der Waals surface area contributed by atoms with Gasteiger partial charge < -0.3 is 9.32 Å². The third-order valence-corrected chi connectivity index (χ3v) is 4.80. The zero-order valence-electron chi connectivity index (χ0n) is 14.8. The normalized spacial score (nSPS) is 17.1. The van der Waals surface area contributed by atoms with Gasteiger partial charge in [-0.15, -0.1) is 0 Å². The molecule has 27 heavy (non-hydrogen) atoms. The van der Waals surface area contributed by atoms with Crippen LogP contribution >= 0.6 is 0 Å². The molecule has 6 heteroatoms. The molecule has 1 unspecified atom stereocenters. The van der Waals surface area contributed by atoms with E-state index >= 15 is 0 Å². The van der Waals surface area contributed by atoms with Gasteiger partial charge in [-0.1, -0.05) is 12.1 Å². The summed E-state index contributed by atoms with van der Waals surface area (Å²) in [6, 6.07) is 9.77. The highest BCUT2D eigenvalue weighted by Crippen LogP contribution is 2.32. The number of pyridine rings is 1. The minimum absolute atomic E-state index is 0.0577. The average molecular weight is 365 g/mol. The van der Waals surface area contributed by atoms with Crippen LogP contribution in [0.1, 0.15) is 52.9 Å². The van der Waals surface area contributed by atoms with Crippen molar-refractivity contribution in [2.45, 2.75) is 31.7 Å². The molecule has 1 aliphatic rings. The topological polar surface area (TPSA) is 59.2 Å². The van der Waals surface area contributed by atoms with E-state index in [1.165, 1.54) is 12.1 Å². The minimum atomic E-state index is -0.271. The molecule has 1 aromatic carbocycles. The summed E-state index contributed by atoms with van der Waals surface area (Å²) in [7, 11) is 0. The van der Waals surface area contributed by atoms with Gasteiger partial charge in [0.15, 0.2) is 0 Å². The van der Waals surface area contributed by atoms with Crippen molar-refractivity contribution in [1.29, 1.82) is 0 Å². The van der Waals surface area contributed by atoms with Crippen molar-refractivity contribution in [3.63, 3.8) is 0 Å². The van der Waals surface area contributed by atoms with Gasteiger partial charge in [-0.05, 0) is 49.1 Å². The van der Waals surface area contributed by atoms with Crippen molar-refractivity contribution in [2.24, 2.45) is 0 Å². The van der Waals surface area contributed by atoms with Gasteiger partial charge in [0.2, 0.25) is 5.89 Å². The van der Waals surface area contributed by atoms with Crippen molar-refractivity contribution in [3.8, 4) is 0 Å². The second kappa shape index (κ2) is 7.70. The molecule has 0 saturated carbocycles. The third kappa shape index (κ3) is 3.89. The molecule has 0 N–H and O–H groups in total. The monoisotopic (exact) mass is 365 g/mol. The molecule has 4 rings (SSSR count). The van der Waals surface area contributed by atoms with Gasteiger partial charge >= 0.3 is 0 Å². The number of oxazole rings is 1. The maximum atomic E-state index is 13.4. The van der Waals surface area contributed by atoms with E-state index in [4.69, 9.17) is 4.42 Å². The quantitative estimate of drug-likeness (QED) is 0.696. The zero-order chi connectivity index (χ0) is 18.6. The highest BCUT2D eigenvalue weighted by atomic mass is 19.1. The highest BCUT2D eigenvalue weighted by Gasteiger charge is 2.32. The molecule has 1 aliphatic heterocycles. The summed E-state index contributed by atoms with van der Waals surface area (Å²) < 4.78 is 19.3. The predicted molar refractivity (Wildman–Crippen MR) is 97.6 cm³/mol. The molecule has 0 aliphatic carbocycles. The van der Waals surface area contributed by atoms with Crippen LogP contribution in [0, 0.1) is 5.82 Å². The number of amides is 1. The lowest BCUT2D eigenvalue weighted by Crippen LogP contribution is -2.38. The molecule has 1 atom stereocenters. The number of benzene rings is 1. The summed E-state index contributed by atoms with van der Waals surface area (Å²) in [6.45, 7) is 0.667. The Labute approximate surface area is 156 Å². The Morgan fingerprint density at radius 2 is 2.15 bits per heavy atom. The first-order chi connectivity index (χ1) is 13.2. The van der Waals surface area contributed by atoms with E-state index in [0.29, 0.717) is 30.2 Å². The molecule has 1 fully saturated rings. The Hall–Kier alpha value is -3.02. The Morgan fingerprint density at radius 1 is 1.22 bits per heavy atom. The van der Waals surface area contributed by atoms with E-state index in [9.17, 15) is 9.18 Å². The second-order valence-electron chi connectivity index (χ2n) is 6.72. The van der Waals surface area contributed by atoms with Gasteiger partial charge in [0, 0.05) is 25.4 Å². The molecule has 138 valence electrons. The largest absolute Gasteiger partial charge is 0.443 e. The van der Waals surface area contributed by atoms with E-state index in [-0.39, 0.29) is 17.8 Å². The molecule has 1 amide bonds. The van der Waals surface area contributed by atoms with Crippen LogP contribution in [-0.4, -0.2) is 27.3 Å². The fraction of sp³-hybridized carbons (Fsp3) is 0.286. The van der Waals surface area contributed by atoms with Crippen LogP contribution in [0.3, 0.4) is 0 Å². The molecular weight excluding hydrogens is 345 g/mol. The molecule has 1 saturated heterocycles. The number of rotatable bonds is 4. The first-order valence-corrected chi connectivity index (χ1v) is 9.11. The minimum Gasteiger partial charge on any atom is -0.443 e. The Bertz CT molecular complexity index is 926. The fourth-order valence-electron chi connectivity index (χ4n) is 3.49. The van der Waals surface area contributed by atoms with E-state index < -0.39 is 0 Å². The van der Waals surface area contributed by atoms with Crippen molar-refractivity contribution >= 4 is 5.91 Å². The Balaban J connectivity index is 1.54. The van der Waals surface area contributed by atoms with Crippen LogP contribution in [0.25, 0.3) is 0 Å². The average Bonchev–Trinajstić information content (AvgIpc) is 3.16. The first kappa shape index (κ1) is 17.4. The molecule has 2 aromatic heterocycles. The Morgan fingerprint density at radius 3 is 2.96 bits per heavy atom. The number of carbonyl (C=O) groups excluding carboxylic acids is 1. The van der Waals surface area contributed by atoms with Gasteiger partial charge in [-0.25, -0.2) is 9.37 Å².